The van der Waals surface area contributed by atoms with Gasteiger partial charge in [0.2, 0.25) is 0 Å². The number of rotatable bonds is 8. The van der Waals surface area contributed by atoms with Gasteiger partial charge in [-0.3, -0.25) is 9.69 Å². The molecule has 0 N–H and O–H groups in total. The molecule has 0 bridgehead atoms. The first-order chi connectivity index (χ1) is 13.6. The van der Waals surface area contributed by atoms with Crippen LogP contribution >= 0.6 is 0 Å². The van der Waals surface area contributed by atoms with Crippen LogP contribution in [0.5, 0.6) is 5.75 Å². The Morgan fingerprint density at radius 1 is 1.07 bits per heavy atom. The van der Waals surface area contributed by atoms with Gasteiger partial charge in [0.15, 0.2) is 5.78 Å². The van der Waals surface area contributed by atoms with E-state index in [1.54, 1.807) is 19.2 Å². The van der Waals surface area contributed by atoms with Gasteiger partial charge in [0.1, 0.15) is 11.6 Å². The standard InChI is InChI=1S/C22H26FNO4/c1-3-27-28-15-18-12-13-24(14-16-4-10-20(26-2)11-5-16)21(22(18)25)17-6-8-19(23)9-7-17/h4-11,18,21H,3,12-15H2,1-2H3. The maximum Gasteiger partial charge on any atom is 0.160 e. The predicted octanol–water partition coefficient (Wildman–Crippen LogP) is 3.93. The first kappa shape index (κ1) is 20.5. The fourth-order valence-corrected chi connectivity index (χ4v) is 3.53. The summed E-state index contributed by atoms with van der Waals surface area (Å²) in [6.45, 7) is 3.87. The quantitative estimate of drug-likeness (QED) is 0.390. The van der Waals surface area contributed by atoms with E-state index in [1.807, 2.05) is 31.2 Å². The molecule has 2 atom stereocenters. The van der Waals surface area contributed by atoms with Crippen LogP contribution < -0.4 is 4.74 Å². The zero-order valence-corrected chi connectivity index (χ0v) is 16.3. The van der Waals surface area contributed by atoms with Gasteiger partial charge in [0.05, 0.1) is 26.4 Å². The molecule has 1 aliphatic rings. The highest BCUT2D eigenvalue weighted by Gasteiger charge is 2.37. The summed E-state index contributed by atoms with van der Waals surface area (Å²) < 4.78 is 18.6. The Balaban J connectivity index is 1.80. The van der Waals surface area contributed by atoms with E-state index in [4.69, 9.17) is 14.5 Å². The number of hydrogen-bond donors (Lipinski definition) is 0. The van der Waals surface area contributed by atoms with Gasteiger partial charge in [-0.25, -0.2) is 14.2 Å². The van der Waals surface area contributed by atoms with Crippen LogP contribution in [-0.2, 0) is 21.1 Å². The van der Waals surface area contributed by atoms with E-state index in [0.717, 1.165) is 23.4 Å². The van der Waals surface area contributed by atoms with Gasteiger partial charge in [-0.1, -0.05) is 24.3 Å². The lowest BCUT2D eigenvalue weighted by molar-refractivity contribution is -0.297. The number of carbonyl (C=O) groups is 1. The molecule has 0 radical (unpaired) electrons. The monoisotopic (exact) mass is 387 g/mol. The molecule has 5 nitrogen and oxygen atoms in total. The summed E-state index contributed by atoms with van der Waals surface area (Å²) in [6, 6.07) is 13.5. The van der Waals surface area contributed by atoms with Crippen LogP contribution in [-0.4, -0.2) is 37.6 Å². The average molecular weight is 387 g/mol. The number of methoxy groups -OCH3 is 1. The smallest absolute Gasteiger partial charge is 0.160 e. The van der Waals surface area contributed by atoms with E-state index in [1.165, 1.54) is 12.1 Å². The van der Waals surface area contributed by atoms with Gasteiger partial charge in [-0.15, -0.1) is 0 Å². The number of benzene rings is 2. The summed E-state index contributed by atoms with van der Waals surface area (Å²) in [6.07, 6.45) is 0.694. The van der Waals surface area contributed by atoms with Gasteiger partial charge in [0, 0.05) is 19.0 Å². The lowest BCUT2D eigenvalue weighted by Crippen LogP contribution is -2.44. The number of Topliss-reactive ketones (excluding diaryl/α,β-unsaturated/α-hetero) is 1. The lowest BCUT2D eigenvalue weighted by atomic mass is 9.86. The summed E-state index contributed by atoms with van der Waals surface area (Å²) >= 11 is 0. The lowest BCUT2D eigenvalue weighted by Gasteiger charge is -2.38. The van der Waals surface area contributed by atoms with Crippen LogP contribution in [0.1, 0.15) is 30.5 Å². The van der Waals surface area contributed by atoms with Crippen molar-refractivity contribution in [3.8, 4) is 5.75 Å². The van der Waals surface area contributed by atoms with Crippen molar-refractivity contribution in [3.05, 3.63) is 65.5 Å². The summed E-state index contributed by atoms with van der Waals surface area (Å²) in [5, 5.41) is 0. The average Bonchev–Trinajstić information content (AvgIpc) is 2.71. The van der Waals surface area contributed by atoms with Crippen molar-refractivity contribution in [1.82, 2.24) is 4.90 Å². The largest absolute Gasteiger partial charge is 0.497 e. The van der Waals surface area contributed by atoms with Gasteiger partial charge >= 0.3 is 0 Å². The number of ether oxygens (including phenoxy) is 1. The summed E-state index contributed by atoms with van der Waals surface area (Å²) in [5.74, 6) is 0.312. The van der Waals surface area contributed by atoms with E-state index >= 15 is 0 Å². The third kappa shape index (κ3) is 4.95. The Labute approximate surface area is 164 Å². The number of hydrogen-bond acceptors (Lipinski definition) is 5. The number of ketones is 1. The molecule has 0 aliphatic carbocycles. The fraction of sp³-hybridized carbons (Fsp3) is 0.409. The highest BCUT2D eigenvalue weighted by atomic mass is 19.1. The molecule has 28 heavy (non-hydrogen) atoms. The predicted molar refractivity (Wildman–Crippen MR) is 103 cm³/mol. The topological polar surface area (TPSA) is 48.0 Å². The van der Waals surface area contributed by atoms with Crippen molar-refractivity contribution >= 4 is 5.78 Å². The van der Waals surface area contributed by atoms with Crippen LogP contribution in [0.25, 0.3) is 0 Å². The van der Waals surface area contributed by atoms with Gasteiger partial charge < -0.3 is 4.74 Å². The highest BCUT2D eigenvalue weighted by molar-refractivity contribution is 5.88. The summed E-state index contributed by atoms with van der Waals surface area (Å²) in [5.41, 5.74) is 1.88. The van der Waals surface area contributed by atoms with Crippen LogP contribution in [0.15, 0.2) is 48.5 Å². The van der Waals surface area contributed by atoms with E-state index in [0.29, 0.717) is 19.6 Å². The zero-order valence-electron chi connectivity index (χ0n) is 16.3. The SMILES string of the molecule is CCOOCC1CCN(Cc2ccc(OC)cc2)C(c2ccc(F)cc2)C1=O. The molecular formula is C22H26FNO4. The third-order valence-electron chi connectivity index (χ3n) is 5.00. The molecule has 2 aromatic carbocycles. The van der Waals surface area contributed by atoms with Crippen molar-refractivity contribution in [2.75, 3.05) is 26.9 Å². The zero-order chi connectivity index (χ0) is 19.9. The number of piperidine rings is 1. The number of nitrogens with zero attached hydrogens (tertiary/aromatic N) is 1. The molecule has 3 rings (SSSR count). The van der Waals surface area contributed by atoms with Gasteiger partial charge in [0.25, 0.3) is 0 Å². The maximum atomic E-state index is 13.4. The number of likely N-dealkylation sites (tertiary alicyclic amines) is 1. The number of carbonyl (C=O) groups excluding carboxylic acids is 1. The minimum Gasteiger partial charge on any atom is -0.497 e. The second-order valence-corrected chi connectivity index (χ2v) is 6.85. The molecule has 0 spiro atoms. The Bertz CT molecular complexity index is 763. The molecule has 6 heteroatoms. The van der Waals surface area contributed by atoms with Crippen LogP contribution in [0, 0.1) is 11.7 Å². The molecule has 2 unspecified atom stereocenters. The molecular weight excluding hydrogens is 361 g/mol. The van der Waals surface area contributed by atoms with Crippen LogP contribution in [0.2, 0.25) is 0 Å². The summed E-state index contributed by atoms with van der Waals surface area (Å²) in [7, 11) is 1.63. The Hall–Kier alpha value is -2.28. The molecule has 1 fully saturated rings. The van der Waals surface area contributed by atoms with Crippen molar-refractivity contribution < 1.29 is 23.7 Å². The minimum atomic E-state index is -0.438. The van der Waals surface area contributed by atoms with Gasteiger partial charge in [-0.2, -0.15) is 0 Å². The highest BCUT2D eigenvalue weighted by Crippen LogP contribution is 2.33. The molecule has 1 aliphatic heterocycles. The molecule has 0 aromatic heterocycles. The van der Waals surface area contributed by atoms with Gasteiger partial charge in [-0.05, 0) is 48.7 Å². The van der Waals surface area contributed by atoms with E-state index < -0.39 is 6.04 Å². The molecule has 0 saturated carbocycles. The van der Waals surface area contributed by atoms with Crippen LogP contribution in [0.3, 0.4) is 0 Å². The Kier molecular flexibility index (Phi) is 7.14. The van der Waals surface area contributed by atoms with E-state index in [9.17, 15) is 9.18 Å². The van der Waals surface area contributed by atoms with Crippen molar-refractivity contribution in [2.45, 2.75) is 25.9 Å². The molecule has 2 aromatic rings. The first-order valence-electron chi connectivity index (χ1n) is 9.53. The van der Waals surface area contributed by atoms with Crippen molar-refractivity contribution in [3.63, 3.8) is 0 Å². The first-order valence-corrected chi connectivity index (χ1v) is 9.53. The maximum absolute atomic E-state index is 13.4. The van der Waals surface area contributed by atoms with Crippen molar-refractivity contribution in [2.24, 2.45) is 5.92 Å². The van der Waals surface area contributed by atoms with E-state index in [2.05, 4.69) is 4.90 Å². The number of halogens is 1. The van der Waals surface area contributed by atoms with E-state index in [-0.39, 0.29) is 24.1 Å². The minimum absolute atomic E-state index is 0.0751. The summed E-state index contributed by atoms with van der Waals surface area (Å²) in [4.78, 5) is 25.5. The molecule has 1 heterocycles. The Morgan fingerprint density at radius 2 is 1.79 bits per heavy atom. The fourth-order valence-electron chi connectivity index (χ4n) is 3.53. The Morgan fingerprint density at radius 3 is 2.43 bits per heavy atom. The third-order valence-corrected chi connectivity index (χ3v) is 5.00. The normalized spacial score (nSPS) is 20.3. The van der Waals surface area contributed by atoms with Crippen molar-refractivity contribution in [1.29, 1.82) is 0 Å². The second kappa shape index (κ2) is 9.78. The molecule has 1 saturated heterocycles. The molecule has 150 valence electrons. The van der Waals surface area contributed by atoms with Crippen LogP contribution in [0.4, 0.5) is 4.39 Å². The molecule has 0 amide bonds. The second-order valence-electron chi connectivity index (χ2n) is 6.85.